The first-order valence-corrected chi connectivity index (χ1v) is 5.80. The van der Waals surface area contributed by atoms with Gasteiger partial charge in [-0.15, -0.1) is 0 Å². The molecule has 0 aliphatic carbocycles. The standard InChI is InChI=1S/2C6H14O/c1-5(2)4-6(3)7;1-3-5-6(7)4-2/h5-7H,4H2,1-3H3;6-7H,3-5H2,1-2H3. The zero-order valence-corrected chi connectivity index (χ0v) is 10.5. The van der Waals surface area contributed by atoms with Gasteiger partial charge < -0.3 is 10.2 Å². The van der Waals surface area contributed by atoms with E-state index in [1.807, 2.05) is 13.8 Å². The summed E-state index contributed by atoms with van der Waals surface area (Å²) in [6.07, 6.45) is 3.68. The summed E-state index contributed by atoms with van der Waals surface area (Å²) in [5, 5.41) is 17.6. The smallest absolute Gasteiger partial charge is 0.0537 e. The molecular formula is C12H28O2. The van der Waals surface area contributed by atoms with Crippen LogP contribution in [0.15, 0.2) is 0 Å². The molecule has 0 saturated heterocycles. The molecule has 14 heavy (non-hydrogen) atoms. The first-order chi connectivity index (χ1) is 6.43. The van der Waals surface area contributed by atoms with Gasteiger partial charge >= 0.3 is 0 Å². The van der Waals surface area contributed by atoms with Crippen molar-refractivity contribution in [3.05, 3.63) is 0 Å². The number of rotatable bonds is 5. The number of aliphatic hydroxyl groups is 2. The first kappa shape index (κ1) is 16.4. The van der Waals surface area contributed by atoms with Gasteiger partial charge in [0.2, 0.25) is 0 Å². The van der Waals surface area contributed by atoms with Crippen molar-refractivity contribution in [1.82, 2.24) is 0 Å². The fourth-order valence-electron chi connectivity index (χ4n) is 1.22. The molecule has 2 heteroatoms. The van der Waals surface area contributed by atoms with Crippen molar-refractivity contribution in [2.45, 2.75) is 72.5 Å². The van der Waals surface area contributed by atoms with E-state index < -0.39 is 0 Å². The SMILES string of the molecule is CC(C)CC(C)O.CCCC(O)CC. The number of hydrogen-bond donors (Lipinski definition) is 2. The third-order valence-electron chi connectivity index (χ3n) is 1.91. The van der Waals surface area contributed by atoms with E-state index in [2.05, 4.69) is 20.8 Å². The van der Waals surface area contributed by atoms with Crippen LogP contribution in [0.4, 0.5) is 0 Å². The lowest BCUT2D eigenvalue weighted by Crippen LogP contribution is -2.03. The summed E-state index contributed by atoms with van der Waals surface area (Å²) in [4.78, 5) is 0. The van der Waals surface area contributed by atoms with Gasteiger partial charge in [-0.2, -0.15) is 0 Å². The molecule has 0 aliphatic rings. The Labute approximate surface area is 89.3 Å². The third-order valence-corrected chi connectivity index (χ3v) is 1.91. The zero-order valence-electron chi connectivity index (χ0n) is 10.5. The maximum atomic E-state index is 8.86. The van der Waals surface area contributed by atoms with Crippen molar-refractivity contribution in [2.24, 2.45) is 5.92 Å². The molecule has 0 aliphatic heterocycles. The van der Waals surface area contributed by atoms with Gasteiger partial charge in [-0.1, -0.05) is 34.1 Å². The van der Waals surface area contributed by atoms with Gasteiger partial charge in [0, 0.05) is 0 Å². The summed E-state index contributed by atoms with van der Waals surface area (Å²) >= 11 is 0. The molecule has 2 atom stereocenters. The second-order valence-electron chi connectivity index (χ2n) is 4.33. The van der Waals surface area contributed by atoms with E-state index in [0.29, 0.717) is 5.92 Å². The van der Waals surface area contributed by atoms with Gasteiger partial charge in [0.05, 0.1) is 12.2 Å². The molecule has 0 aromatic rings. The third kappa shape index (κ3) is 17.9. The fraction of sp³-hybridized carbons (Fsp3) is 1.00. The Morgan fingerprint density at radius 1 is 1.00 bits per heavy atom. The Balaban J connectivity index is 0. The molecule has 0 radical (unpaired) electrons. The normalized spacial score (nSPS) is 14.6. The molecule has 0 bridgehead atoms. The zero-order chi connectivity index (χ0) is 11.6. The summed E-state index contributed by atoms with van der Waals surface area (Å²) < 4.78 is 0. The molecule has 0 spiro atoms. The summed E-state index contributed by atoms with van der Waals surface area (Å²) in [7, 11) is 0. The van der Waals surface area contributed by atoms with E-state index in [4.69, 9.17) is 10.2 Å². The van der Waals surface area contributed by atoms with Crippen molar-refractivity contribution in [3.8, 4) is 0 Å². The minimum absolute atomic E-state index is 0.0509. The molecular weight excluding hydrogens is 176 g/mol. The van der Waals surface area contributed by atoms with Crippen LogP contribution in [-0.2, 0) is 0 Å². The van der Waals surface area contributed by atoms with Crippen LogP contribution in [0, 0.1) is 5.92 Å². The van der Waals surface area contributed by atoms with Crippen LogP contribution in [-0.4, -0.2) is 22.4 Å². The van der Waals surface area contributed by atoms with Gasteiger partial charge in [-0.3, -0.25) is 0 Å². The average Bonchev–Trinajstić information content (AvgIpc) is 2.03. The van der Waals surface area contributed by atoms with Gasteiger partial charge in [0.1, 0.15) is 0 Å². The summed E-state index contributed by atoms with van der Waals surface area (Å²) in [6, 6.07) is 0. The largest absolute Gasteiger partial charge is 0.393 e. The molecule has 88 valence electrons. The van der Waals surface area contributed by atoms with Crippen LogP contribution in [0.5, 0.6) is 0 Å². The van der Waals surface area contributed by atoms with Crippen molar-refractivity contribution in [2.75, 3.05) is 0 Å². The monoisotopic (exact) mass is 204 g/mol. The molecule has 0 saturated carbocycles. The lowest BCUT2D eigenvalue weighted by atomic mass is 10.1. The molecule has 0 amide bonds. The van der Waals surface area contributed by atoms with Crippen LogP contribution in [0.1, 0.15) is 60.3 Å². The van der Waals surface area contributed by atoms with Crippen LogP contribution in [0.25, 0.3) is 0 Å². The lowest BCUT2D eigenvalue weighted by molar-refractivity contribution is 0.159. The highest BCUT2D eigenvalue weighted by atomic mass is 16.3. The molecule has 0 fully saturated rings. The van der Waals surface area contributed by atoms with Gasteiger partial charge in [-0.05, 0) is 32.1 Å². The molecule has 2 nitrogen and oxygen atoms in total. The summed E-state index contributed by atoms with van der Waals surface area (Å²) in [6.45, 7) is 10.1. The van der Waals surface area contributed by atoms with Gasteiger partial charge in [-0.25, -0.2) is 0 Å². The van der Waals surface area contributed by atoms with E-state index in [9.17, 15) is 0 Å². The van der Waals surface area contributed by atoms with Gasteiger partial charge in [0.25, 0.3) is 0 Å². The quantitative estimate of drug-likeness (QED) is 0.723. The van der Waals surface area contributed by atoms with Crippen molar-refractivity contribution in [1.29, 1.82) is 0 Å². The molecule has 0 aromatic carbocycles. The van der Waals surface area contributed by atoms with E-state index in [-0.39, 0.29) is 12.2 Å². The van der Waals surface area contributed by atoms with Crippen molar-refractivity contribution in [3.63, 3.8) is 0 Å². The predicted molar refractivity (Wildman–Crippen MR) is 62.3 cm³/mol. The molecule has 0 aromatic heterocycles. The second-order valence-corrected chi connectivity index (χ2v) is 4.33. The predicted octanol–water partition coefficient (Wildman–Crippen LogP) is 2.97. The maximum absolute atomic E-state index is 8.86. The molecule has 0 rings (SSSR count). The van der Waals surface area contributed by atoms with Crippen LogP contribution in [0.2, 0.25) is 0 Å². The Hall–Kier alpha value is -0.0800. The van der Waals surface area contributed by atoms with Crippen LogP contribution in [0.3, 0.4) is 0 Å². The summed E-state index contributed by atoms with van der Waals surface area (Å²) in [5.41, 5.74) is 0. The van der Waals surface area contributed by atoms with Crippen molar-refractivity contribution < 1.29 is 10.2 Å². The maximum Gasteiger partial charge on any atom is 0.0537 e. The second kappa shape index (κ2) is 11.0. The van der Waals surface area contributed by atoms with Gasteiger partial charge in [0.15, 0.2) is 0 Å². The van der Waals surface area contributed by atoms with E-state index >= 15 is 0 Å². The van der Waals surface area contributed by atoms with Crippen LogP contribution >= 0.6 is 0 Å². The molecule has 2 N–H and O–H groups in total. The highest BCUT2D eigenvalue weighted by molar-refractivity contribution is 4.49. The van der Waals surface area contributed by atoms with Crippen LogP contribution < -0.4 is 0 Å². The lowest BCUT2D eigenvalue weighted by Gasteiger charge is -2.04. The molecule has 0 heterocycles. The van der Waals surface area contributed by atoms with E-state index in [1.54, 1.807) is 0 Å². The minimum atomic E-state index is -0.125. The Morgan fingerprint density at radius 2 is 1.50 bits per heavy atom. The summed E-state index contributed by atoms with van der Waals surface area (Å²) in [5.74, 6) is 0.625. The topological polar surface area (TPSA) is 40.5 Å². The Kier molecular flexibility index (Phi) is 12.8. The average molecular weight is 204 g/mol. The fourth-order valence-corrected chi connectivity index (χ4v) is 1.22. The molecule has 2 unspecified atom stereocenters. The highest BCUT2D eigenvalue weighted by Crippen LogP contribution is 2.02. The number of aliphatic hydroxyl groups excluding tert-OH is 2. The highest BCUT2D eigenvalue weighted by Gasteiger charge is 1.97. The van der Waals surface area contributed by atoms with E-state index in [0.717, 1.165) is 25.7 Å². The van der Waals surface area contributed by atoms with E-state index in [1.165, 1.54) is 0 Å². The minimum Gasteiger partial charge on any atom is -0.393 e. The van der Waals surface area contributed by atoms with Crippen molar-refractivity contribution >= 4 is 0 Å². The Morgan fingerprint density at radius 3 is 1.57 bits per heavy atom. The number of hydrogen-bond acceptors (Lipinski definition) is 2. The first-order valence-electron chi connectivity index (χ1n) is 5.80. The Bertz CT molecular complexity index is 94.5.